The van der Waals surface area contributed by atoms with Gasteiger partial charge >= 0.3 is 20.4 Å². The van der Waals surface area contributed by atoms with E-state index in [1.54, 1.807) is 31.2 Å². The molecular formula is C37H27BF6N2O7S. The maximum Gasteiger partial charge on any atom is 0.411 e. The zero-order valence-corrected chi connectivity index (χ0v) is 28.9. The third kappa shape index (κ3) is 7.85. The molecule has 0 atom stereocenters. The van der Waals surface area contributed by atoms with Gasteiger partial charge in [-0.25, -0.2) is 8.42 Å². The molecule has 2 radical (unpaired) electrons. The number of sulfonamides is 1. The fourth-order valence-electron chi connectivity index (χ4n) is 5.48. The van der Waals surface area contributed by atoms with Crippen molar-refractivity contribution in [2.75, 3.05) is 10.0 Å². The first-order valence-corrected chi connectivity index (χ1v) is 17.0. The van der Waals surface area contributed by atoms with Crippen LogP contribution in [0.1, 0.15) is 44.3 Å². The molecule has 0 aliphatic heterocycles. The molecule has 3 N–H and O–H groups in total. The first-order valence-electron chi connectivity index (χ1n) is 15.5. The van der Waals surface area contributed by atoms with Crippen LogP contribution in [-0.4, -0.2) is 45.6 Å². The summed E-state index contributed by atoms with van der Waals surface area (Å²) < 4.78 is 129. The predicted octanol–water partition coefficient (Wildman–Crippen LogP) is 8.62. The lowest BCUT2D eigenvalue weighted by atomic mass is 9.72. The van der Waals surface area contributed by atoms with E-state index in [0.717, 1.165) is 12.1 Å². The van der Waals surface area contributed by atoms with Crippen LogP contribution < -0.4 is 19.4 Å². The number of ether oxygens (including phenoxy) is 1. The zero-order valence-electron chi connectivity index (χ0n) is 28.0. The summed E-state index contributed by atoms with van der Waals surface area (Å²) in [5.74, 6) is -1.98. The van der Waals surface area contributed by atoms with Crippen molar-refractivity contribution in [1.82, 2.24) is 0 Å². The van der Waals surface area contributed by atoms with Crippen molar-refractivity contribution in [3.63, 3.8) is 0 Å². The summed E-state index contributed by atoms with van der Waals surface area (Å²) in [4.78, 5) is 24.3. The number of hydrogen-bond donors (Lipinski definition) is 3. The number of carbonyl (C=O) groups excluding carboxylic acids is 2. The number of ketones is 1. The van der Waals surface area contributed by atoms with Crippen LogP contribution in [-0.2, 0) is 15.4 Å². The van der Waals surface area contributed by atoms with Gasteiger partial charge in [-0.1, -0.05) is 29.8 Å². The van der Waals surface area contributed by atoms with E-state index >= 15 is 26.3 Å². The van der Waals surface area contributed by atoms with E-state index in [1.165, 1.54) is 43.3 Å². The van der Waals surface area contributed by atoms with Crippen LogP contribution in [0.4, 0.5) is 37.7 Å². The molecule has 5 rings (SSSR count). The third-order valence-corrected chi connectivity index (χ3v) is 9.64. The highest BCUT2D eigenvalue weighted by Gasteiger charge is 2.72. The van der Waals surface area contributed by atoms with Crippen LogP contribution >= 0.6 is 0 Å². The first kappa shape index (κ1) is 39.2. The van der Waals surface area contributed by atoms with Crippen LogP contribution in [0.3, 0.4) is 0 Å². The molecule has 0 saturated carbocycles. The number of amides is 1. The number of halogens is 6. The van der Waals surface area contributed by atoms with E-state index in [9.17, 15) is 23.1 Å². The molecule has 0 unspecified atom stereocenters. The average Bonchev–Trinajstić information content (AvgIpc) is 3.09. The number of phenols is 1. The number of rotatable bonds is 11. The lowest BCUT2D eigenvalue weighted by Crippen LogP contribution is -2.54. The molecule has 0 aliphatic rings. The Morgan fingerprint density at radius 3 is 1.70 bits per heavy atom. The molecule has 0 aromatic heterocycles. The number of hydrogen-bond acceptors (Lipinski definition) is 7. The Morgan fingerprint density at radius 1 is 0.704 bits per heavy atom. The first-order chi connectivity index (χ1) is 25.3. The van der Waals surface area contributed by atoms with Gasteiger partial charge in [0.05, 0.1) is 16.3 Å². The van der Waals surface area contributed by atoms with Gasteiger partial charge in [-0.2, -0.15) is 26.3 Å². The average molecular weight is 768 g/mol. The molecule has 9 nitrogen and oxygen atoms in total. The molecule has 0 fully saturated rings. The fraction of sp³-hybridized carbons (Fsp3) is 0.135. The van der Waals surface area contributed by atoms with Crippen molar-refractivity contribution in [2.45, 2.75) is 36.5 Å². The van der Waals surface area contributed by atoms with Crippen LogP contribution in [0.2, 0.25) is 0 Å². The Hall–Kier alpha value is -5.97. The molecule has 0 saturated heterocycles. The highest BCUT2D eigenvalue weighted by molar-refractivity contribution is 7.92. The van der Waals surface area contributed by atoms with E-state index in [0.29, 0.717) is 47.2 Å². The molecule has 1 amide bonds. The molecule has 0 bridgehead atoms. The van der Waals surface area contributed by atoms with Gasteiger partial charge in [-0.15, -0.1) is 0 Å². The summed E-state index contributed by atoms with van der Waals surface area (Å²) in [6, 6.07) is 19.2. The second-order valence-electron chi connectivity index (χ2n) is 11.9. The highest BCUT2D eigenvalue weighted by Crippen LogP contribution is 2.57. The second-order valence-corrected chi connectivity index (χ2v) is 13.6. The van der Waals surface area contributed by atoms with Gasteiger partial charge in [-0.05, 0) is 110 Å². The topological polar surface area (TPSA) is 131 Å². The molecule has 5 aromatic rings. The Bertz CT molecular complexity index is 2280. The largest absolute Gasteiger partial charge is 0.566 e. The number of aromatic hydroxyl groups is 1. The van der Waals surface area contributed by atoms with E-state index in [-0.39, 0.29) is 28.1 Å². The van der Waals surface area contributed by atoms with Crippen molar-refractivity contribution in [2.24, 2.45) is 0 Å². The lowest BCUT2D eigenvalue weighted by Gasteiger charge is -2.38. The summed E-state index contributed by atoms with van der Waals surface area (Å²) in [5, 5.41) is 12.6. The van der Waals surface area contributed by atoms with Gasteiger partial charge in [0.15, 0.2) is 5.78 Å². The van der Waals surface area contributed by atoms with Crippen LogP contribution in [0.15, 0.2) is 114 Å². The van der Waals surface area contributed by atoms with Gasteiger partial charge in [-0.3, -0.25) is 14.3 Å². The smallest absolute Gasteiger partial charge is 0.411 e. The summed E-state index contributed by atoms with van der Waals surface area (Å²) in [7, 11) is 0.655. The Labute approximate surface area is 306 Å². The molecule has 5 aromatic carbocycles. The maximum atomic E-state index is 15.1. The van der Waals surface area contributed by atoms with Crippen LogP contribution in [0, 0.1) is 6.92 Å². The maximum absolute atomic E-state index is 15.1. The summed E-state index contributed by atoms with van der Waals surface area (Å²) in [6.07, 6.45) is -12.3. The van der Waals surface area contributed by atoms with E-state index in [1.807, 2.05) is 4.72 Å². The van der Waals surface area contributed by atoms with E-state index < -0.39 is 67.7 Å². The Balaban J connectivity index is 1.52. The number of carbonyl (C=O) groups is 2. The van der Waals surface area contributed by atoms with Gasteiger partial charge < -0.3 is 19.8 Å². The fourth-order valence-corrected chi connectivity index (χ4v) is 6.55. The number of Topliss-reactive ketones (excluding diaryl/α,β-unsaturated/α-hetero) is 1. The molecular weight excluding hydrogens is 741 g/mol. The van der Waals surface area contributed by atoms with Crippen LogP contribution in [0.5, 0.6) is 23.0 Å². The molecule has 0 spiro atoms. The zero-order chi connectivity index (χ0) is 39.6. The van der Waals surface area contributed by atoms with E-state index in [4.69, 9.17) is 12.8 Å². The van der Waals surface area contributed by atoms with Gasteiger partial charge in [0, 0.05) is 11.1 Å². The minimum atomic E-state index is -6.15. The van der Waals surface area contributed by atoms with E-state index in [2.05, 4.69) is 9.97 Å². The Kier molecular flexibility index (Phi) is 10.8. The second kappa shape index (κ2) is 14.8. The molecule has 0 heterocycles. The van der Waals surface area contributed by atoms with Crippen molar-refractivity contribution in [3.8, 4) is 23.0 Å². The quantitative estimate of drug-likeness (QED) is 0.0531. The number of nitrogens with one attached hydrogen (secondary N) is 2. The number of anilines is 2. The molecule has 0 aliphatic carbocycles. The Morgan fingerprint density at radius 2 is 1.20 bits per heavy atom. The minimum absolute atomic E-state index is 0.0930. The minimum Gasteiger partial charge on any atom is -0.566 e. The molecule has 278 valence electrons. The van der Waals surface area contributed by atoms with Gasteiger partial charge in [0.25, 0.3) is 15.9 Å². The van der Waals surface area contributed by atoms with Crippen LogP contribution in [0.25, 0.3) is 0 Å². The summed E-state index contributed by atoms with van der Waals surface area (Å²) in [6.45, 7) is 3.05. The molecule has 17 heteroatoms. The van der Waals surface area contributed by atoms with Crippen molar-refractivity contribution >= 4 is 41.1 Å². The number of aryl methyl sites for hydroxylation is 1. The number of phenolic OH excluding ortho intramolecular Hbond substituents is 1. The van der Waals surface area contributed by atoms with Crippen molar-refractivity contribution in [3.05, 3.63) is 137 Å². The lowest BCUT2D eigenvalue weighted by molar-refractivity contribution is -0.288. The highest BCUT2D eigenvalue weighted by atomic mass is 32.2. The predicted molar refractivity (Wildman–Crippen MR) is 187 cm³/mol. The number of alkyl halides is 6. The summed E-state index contributed by atoms with van der Waals surface area (Å²) >= 11 is 0. The standard InChI is InChI=1S/C37H27BF6N2O7S/c1-21-3-15-29(16-4-21)54(50,51)46-30-19-25(9-17-32(30)48)35(36(39,40)41,37(42,43)44)26-10-18-33(53-38)31(20-26)45-34(49)24-7-13-28(14-8-24)52-27-11-5-23(6-12-27)22(2)47/h3-20,46,48H,1-2H3,(H,45,49). The normalized spacial score (nSPS) is 12.1. The van der Waals surface area contributed by atoms with Crippen molar-refractivity contribution < 1.29 is 58.8 Å². The number of benzene rings is 5. The SMILES string of the molecule is [B]Oc1ccc(C(c2ccc(O)c(NS(=O)(=O)c3ccc(C)cc3)c2)(C(F)(F)F)C(F)(F)F)cc1NC(=O)c1ccc(Oc2ccc(C(C)=O)cc2)cc1. The summed E-state index contributed by atoms with van der Waals surface area (Å²) in [5.41, 5.74) is -8.46. The molecule has 54 heavy (non-hydrogen) atoms. The van der Waals surface area contributed by atoms with Gasteiger partial charge in [0.1, 0.15) is 23.0 Å². The van der Waals surface area contributed by atoms with Gasteiger partial charge in [0.2, 0.25) is 5.41 Å². The monoisotopic (exact) mass is 768 g/mol. The van der Waals surface area contributed by atoms with Crippen molar-refractivity contribution in [1.29, 1.82) is 0 Å². The third-order valence-electron chi connectivity index (χ3n) is 8.26.